The van der Waals surface area contributed by atoms with E-state index in [-0.39, 0.29) is 0 Å². The van der Waals surface area contributed by atoms with Crippen molar-refractivity contribution in [3.63, 3.8) is 0 Å². The normalized spacial score (nSPS) is 16.2. The third-order valence-corrected chi connectivity index (χ3v) is 5.80. The lowest BCUT2D eigenvalue weighted by molar-refractivity contribution is 0.481. The Morgan fingerprint density at radius 1 is 1.16 bits per heavy atom. The Morgan fingerprint density at radius 2 is 1.84 bits per heavy atom. The Morgan fingerprint density at radius 3 is 2.44 bits per heavy atom. The Bertz CT molecular complexity index is 648. The molecule has 1 aliphatic rings. The minimum atomic E-state index is -3.14. The molecule has 1 aromatic carbocycles. The van der Waals surface area contributed by atoms with Crippen LogP contribution in [0.5, 0.6) is 0 Å². The van der Waals surface area contributed by atoms with Gasteiger partial charge in [-0.25, -0.2) is 13.4 Å². The Kier molecular flexibility index (Phi) is 7.75. The molecular weight excluding hydrogens is 334 g/mol. The van der Waals surface area contributed by atoms with Crippen molar-refractivity contribution in [2.24, 2.45) is 10.9 Å². The zero-order valence-corrected chi connectivity index (χ0v) is 16.2. The topological polar surface area (TPSA) is 70.6 Å². The molecule has 0 spiro atoms. The molecule has 0 bridgehead atoms. The van der Waals surface area contributed by atoms with Crippen molar-refractivity contribution in [3.8, 4) is 0 Å². The molecule has 5 nitrogen and oxygen atoms in total. The third kappa shape index (κ3) is 7.06. The van der Waals surface area contributed by atoms with Crippen LogP contribution in [-0.4, -0.2) is 33.7 Å². The maximum absolute atomic E-state index is 11.5. The number of aliphatic imine (C=N–C) groups is 1. The molecule has 1 aromatic rings. The van der Waals surface area contributed by atoms with Crippen LogP contribution in [0.3, 0.4) is 0 Å². The molecule has 140 valence electrons. The molecule has 2 N–H and O–H groups in total. The molecule has 1 saturated carbocycles. The lowest BCUT2D eigenvalue weighted by atomic mass is 10.0. The van der Waals surface area contributed by atoms with Gasteiger partial charge in [0.15, 0.2) is 15.8 Å². The van der Waals surface area contributed by atoms with Crippen LogP contribution in [0.15, 0.2) is 34.2 Å². The van der Waals surface area contributed by atoms with Crippen molar-refractivity contribution in [1.29, 1.82) is 0 Å². The van der Waals surface area contributed by atoms with E-state index in [9.17, 15) is 8.42 Å². The first-order chi connectivity index (χ1) is 12.0. The second-order valence-corrected chi connectivity index (χ2v) is 8.85. The molecular formula is C19H31N3O2S. The average molecular weight is 366 g/mol. The molecule has 2 rings (SSSR count). The summed E-state index contributed by atoms with van der Waals surface area (Å²) < 4.78 is 23.0. The number of sulfone groups is 1. The fraction of sp³-hybridized carbons (Fsp3) is 0.632. The van der Waals surface area contributed by atoms with Crippen LogP contribution in [0.1, 0.15) is 51.0 Å². The number of rotatable bonds is 8. The Hall–Kier alpha value is -1.56. The second-order valence-electron chi connectivity index (χ2n) is 6.83. The molecule has 0 amide bonds. The predicted molar refractivity (Wildman–Crippen MR) is 104 cm³/mol. The summed E-state index contributed by atoms with van der Waals surface area (Å²) in [5.74, 6) is 1.75. The third-order valence-electron chi connectivity index (χ3n) is 4.67. The lowest BCUT2D eigenvalue weighted by Gasteiger charge is -2.13. The van der Waals surface area contributed by atoms with E-state index in [1.807, 2.05) is 12.1 Å². The monoisotopic (exact) mass is 365 g/mol. The van der Waals surface area contributed by atoms with Gasteiger partial charge in [0.05, 0.1) is 11.4 Å². The molecule has 0 atom stereocenters. The van der Waals surface area contributed by atoms with Gasteiger partial charge in [0.2, 0.25) is 0 Å². The van der Waals surface area contributed by atoms with Crippen LogP contribution in [0.4, 0.5) is 0 Å². The van der Waals surface area contributed by atoms with Gasteiger partial charge in [-0.3, -0.25) is 0 Å². The van der Waals surface area contributed by atoms with Crippen molar-refractivity contribution >= 4 is 15.8 Å². The van der Waals surface area contributed by atoms with Crippen molar-refractivity contribution in [3.05, 3.63) is 29.8 Å². The fourth-order valence-corrected chi connectivity index (χ4v) is 3.88. The van der Waals surface area contributed by atoms with Gasteiger partial charge in [0.25, 0.3) is 0 Å². The minimum Gasteiger partial charge on any atom is -0.357 e. The Balaban J connectivity index is 1.81. The number of benzene rings is 1. The molecule has 0 aliphatic heterocycles. The molecule has 6 heteroatoms. The van der Waals surface area contributed by atoms with Crippen molar-refractivity contribution in [2.45, 2.75) is 56.9 Å². The SMILES string of the molecule is CCNC(=NCc1ccc(S(C)(=O)=O)cc1)NCCCC1CCCC1. The van der Waals surface area contributed by atoms with E-state index in [0.29, 0.717) is 11.4 Å². The number of nitrogens with one attached hydrogen (secondary N) is 2. The zero-order valence-electron chi connectivity index (χ0n) is 15.4. The van der Waals surface area contributed by atoms with Gasteiger partial charge in [0, 0.05) is 19.3 Å². The van der Waals surface area contributed by atoms with Crippen LogP contribution in [0.25, 0.3) is 0 Å². The number of guanidine groups is 1. The quantitative estimate of drug-likeness (QED) is 0.422. The summed E-state index contributed by atoms with van der Waals surface area (Å²) in [5, 5.41) is 6.65. The second kappa shape index (κ2) is 9.80. The predicted octanol–water partition coefficient (Wildman–Crippen LogP) is 3.12. The molecule has 0 saturated heterocycles. The first-order valence-corrected chi connectivity index (χ1v) is 11.2. The highest BCUT2D eigenvalue weighted by Gasteiger charge is 2.14. The molecule has 0 heterocycles. The van der Waals surface area contributed by atoms with E-state index in [2.05, 4.69) is 22.5 Å². The van der Waals surface area contributed by atoms with E-state index >= 15 is 0 Å². The first kappa shape index (κ1) is 19.8. The minimum absolute atomic E-state index is 0.345. The van der Waals surface area contributed by atoms with Gasteiger partial charge >= 0.3 is 0 Å². The lowest BCUT2D eigenvalue weighted by Crippen LogP contribution is -2.37. The van der Waals surface area contributed by atoms with Crippen LogP contribution in [-0.2, 0) is 16.4 Å². The first-order valence-electron chi connectivity index (χ1n) is 9.30. The van der Waals surface area contributed by atoms with E-state index < -0.39 is 9.84 Å². The fourth-order valence-electron chi connectivity index (χ4n) is 3.25. The maximum atomic E-state index is 11.5. The largest absolute Gasteiger partial charge is 0.357 e. The summed E-state index contributed by atoms with van der Waals surface area (Å²) in [6.45, 7) is 4.34. The summed E-state index contributed by atoms with van der Waals surface area (Å²) >= 11 is 0. The van der Waals surface area contributed by atoms with Gasteiger partial charge in [-0.1, -0.05) is 37.8 Å². The summed E-state index contributed by atoms with van der Waals surface area (Å²) in [6.07, 6.45) is 9.31. The summed E-state index contributed by atoms with van der Waals surface area (Å²) in [7, 11) is -3.14. The van der Waals surface area contributed by atoms with Crippen molar-refractivity contribution in [1.82, 2.24) is 10.6 Å². The molecule has 0 aromatic heterocycles. The molecule has 1 aliphatic carbocycles. The average Bonchev–Trinajstić information content (AvgIpc) is 3.09. The highest BCUT2D eigenvalue weighted by molar-refractivity contribution is 7.90. The van der Waals surface area contributed by atoms with Crippen molar-refractivity contribution in [2.75, 3.05) is 19.3 Å². The molecule has 0 radical (unpaired) electrons. The highest BCUT2D eigenvalue weighted by atomic mass is 32.2. The summed E-state index contributed by atoms with van der Waals surface area (Å²) in [5.41, 5.74) is 0.996. The number of hydrogen-bond donors (Lipinski definition) is 2. The van der Waals surface area contributed by atoms with Crippen LogP contribution < -0.4 is 10.6 Å². The van der Waals surface area contributed by atoms with Crippen LogP contribution >= 0.6 is 0 Å². The molecule has 1 fully saturated rings. The van der Waals surface area contributed by atoms with E-state index in [0.717, 1.165) is 30.5 Å². The van der Waals surface area contributed by atoms with E-state index in [4.69, 9.17) is 0 Å². The zero-order chi connectivity index (χ0) is 18.1. The van der Waals surface area contributed by atoms with Crippen LogP contribution in [0.2, 0.25) is 0 Å². The highest BCUT2D eigenvalue weighted by Crippen LogP contribution is 2.28. The number of nitrogens with zero attached hydrogens (tertiary/aromatic N) is 1. The van der Waals surface area contributed by atoms with Gasteiger partial charge in [-0.05, 0) is 43.4 Å². The van der Waals surface area contributed by atoms with Gasteiger partial charge in [-0.2, -0.15) is 0 Å². The van der Waals surface area contributed by atoms with Crippen molar-refractivity contribution < 1.29 is 8.42 Å². The molecule has 0 unspecified atom stereocenters. The van der Waals surface area contributed by atoms with E-state index in [1.165, 1.54) is 44.8 Å². The molecule has 25 heavy (non-hydrogen) atoms. The van der Waals surface area contributed by atoms with Gasteiger partial charge in [-0.15, -0.1) is 0 Å². The number of hydrogen-bond acceptors (Lipinski definition) is 3. The van der Waals surface area contributed by atoms with E-state index in [1.54, 1.807) is 12.1 Å². The smallest absolute Gasteiger partial charge is 0.191 e. The standard InChI is InChI=1S/C19H31N3O2S/c1-3-20-19(21-14-6-9-16-7-4-5-8-16)22-15-17-10-12-18(13-11-17)25(2,23)24/h10-13,16H,3-9,14-15H2,1-2H3,(H2,20,21,22). The maximum Gasteiger partial charge on any atom is 0.191 e. The Labute approximate surface area is 152 Å². The summed E-state index contributed by atoms with van der Waals surface area (Å²) in [4.78, 5) is 4.93. The van der Waals surface area contributed by atoms with Gasteiger partial charge < -0.3 is 10.6 Å². The van der Waals surface area contributed by atoms with Crippen LogP contribution in [0, 0.1) is 5.92 Å². The van der Waals surface area contributed by atoms with Gasteiger partial charge in [0.1, 0.15) is 0 Å². The summed E-state index contributed by atoms with van der Waals surface area (Å²) in [6, 6.07) is 6.93.